The Hall–Kier alpha value is -2.19. The maximum absolute atomic E-state index is 13.2. The molecule has 3 heterocycles. The third kappa shape index (κ3) is 3.38. The van der Waals surface area contributed by atoms with Crippen LogP contribution in [0.1, 0.15) is 24.1 Å². The summed E-state index contributed by atoms with van der Waals surface area (Å²) in [5.74, 6) is 2.95. The van der Waals surface area contributed by atoms with Gasteiger partial charge in [-0.05, 0) is 49.9 Å². The van der Waals surface area contributed by atoms with Gasteiger partial charge < -0.3 is 13.9 Å². The van der Waals surface area contributed by atoms with Crippen LogP contribution in [0.3, 0.4) is 0 Å². The van der Waals surface area contributed by atoms with Gasteiger partial charge in [-0.15, -0.1) is 10.2 Å². The van der Waals surface area contributed by atoms with E-state index >= 15 is 0 Å². The van der Waals surface area contributed by atoms with Crippen molar-refractivity contribution in [1.82, 2.24) is 24.6 Å². The molecule has 2 fully saturated rings. The number of rotatable bonds is 7. The zero-order valence-corrected chi connectivity index (χ0v) is 17.5. The van der Waals surface area contributed by atoms with Crippen molar-refractivity contribution in [1.29, 1.82) is 0 Å². The lowest BCUT2D eigenvalue weighted by atomic mass is 9.95. The van der Waals surface area contributed by atoms with E-state index in [0.717, 1.165) is 48.6 Å². The average molecular weight is 414 g/mol. The van der Waals surface area contributed by atoms with E-state index in [2.05, 4.69) is 20.1 Å². The highest BCUT2D eigenvalue weighted by Crippen LogP contribution is 2.58. The van der Waals surface area contributed by atoms with Gasteiger partial charge in [-0.2, -0.15) is 0 Å². The number of aryl methyl sites for hydroxylation is 1. The summed E-state index contributed by atoms with van der Waals surface area (Å²) < 4.78 is 20.6. The minimum absolute atomic E-state index is 0.153. The minimum Gasteiger partial charge on any atom is -0.440 e. The number of benzene rings is 1. The predicted octanol–water partition coefficient (Wildman–Crippen LogP) is 3.67. The molecule has 152 valence electrons. The average Bonchev–Trinajstić information content (AvgIpc) is 3.02. The van der Waals surface area contributed by atoms with Crippen LogP contribution >= 0.6 is 11.8 Å². The molecule has 5 rings (SSSR count). The molecule has 0 amide bonds. The fraction of sp³-hybridized carbons (Fsp3) is 0.476. The fourth-order valence-electron chi connectivity index (χ4n) is 4.59. The van der Waals surface area contributed by atoms with Crippen LogP contribution in [0.2, 0.25) is 0 Å². The van der Waals surface area contributed by atoms with Crippen molar-refractivity contribution >= 4 is 11.8 Å². The first-order chi connectivity index (χ1) is 14.1. The highest BCUT2D eigenvalue weighted by atomic mass is 32.2. The quantitative estimate of drug-likeness (QED) is 0.435. The molecule has 1 aliphatic heterocycles. The van der Waals surface area contributed by atoms with E-state index < -0.39 is 0 Å². The zero-order chi connectivity index (χ0) is 20.0. The Labute approximate surface area is 173 Å². The molecule has 1 aliphatic carbocycles. The molecule has 6 nitrogen and oxygen atoms in total. The molecule has 1 saturated carbocycles. The van der Waals surface area contributed by atoms with E-state index in [9.17, 15) is 4.39 Å². The maximum atomic E-state index is 13.2. The number of thioether (sulfide) groups is 1. The predicted molar refractivity (Wildman–Crippen MR) is 109 cm³/mol. The number of hydrogen-bond acceptors (Lipinski definition) is 6. The van der Waals surface area contributed by atoms with Crippen LogP contribution in [0.25, 0.3) is 11.6 Å². The van der Waals surface area contributed by atoms with Crippen LogP contribution in [0, 0.1) is 18.7 Å². The van der Waals surface area contributed by atoms with Crippen LogP contribution in [0.15, 0.2) is 40.2 Å². The molecule has 0 spiro atoms. The zero-order valence-electron chi connectivity index (χ0n) is 16.6. The topological polar surface area (TPSA) is 60.0 Å². The van der Waals surface area contributed by atoms with E-state index in [1.807, 2.05) is 30.7 Å². The van der Waals surface area contributed by atoms with Gasteiger partial charge in [0.2, 0.25) is 5.82 Å². The van der Waals surface area contributed by atoms with Crippen molar-refractivity contribution in [3.63, 3.8) is 0 Å². The van der Waals surface area contributed by atoms with Crippen LogP contribution < -0.4 is 0 Å². The van der Waals surface area contributed by atoms with E-state index in [4.69, 9.17) is 4.42 Å². The van der Waals surface area contributed by atoms with Crippen molar-refractivity contribution in [3.05, 3.63) is 47.7 Å². The van der Waals surface area contributed by atoms with Crippen LogP contribution in [-0.2, 0) is 12.5 Å². The van der Waals surface area contributed by atoms with Gasteiger partial charge in [0.15, 0.2) is 17.3 Å². The Morgan fingerprint density at radius 2 is 2.10 bits per heavy atom. The van der Waals surface area contributed by atoms with E-state index in [-0.39, 0.29) is 11.2 Å². The number of likely N-dealkylation sites (tertiary alicyclic amines) is 1. The summed E-state index contributed by atoms with van der Waals surface area (Å²) >= 11 is 1.72. The Morgan fingerprint density at radius 1 is 1.28 bits per heavy atom. The van der Waals surface area contributed by atoms with E-state index in [1.165, 1.54) is 18.4 Å². The molecule has 0 N–H and O–H groups in total. The molecule has 1 unspecified atom stereocenters. The van der Waals surface area contributed by atoms with Crippen molar-refractivity contribution in [3.8, 4) is 11.6 Å². The highest BCUT2D eigenvalue weighted by Gasteiger charge is 2.60. The van der Waals surface area contributed by atoms with Crippen LogP contribution in [0.4, 0.5) is 4.39 Å². The first kappa shape index (κ1) is 18.8. The van der Waals surface area contributed by atoms with Gasteiger partial charge in [0.05, 0.1) is 5.69 Å². The van der Waals surface area contributed by atoms with Gasteiger partial charge in [0, 0.05) is 31.3 Å². The maximum Gasteiger partial charge on any atom is 0.202 e. The normalized spacial score (nSPS) is 23.5. The number of piperidine rings is 1. The third-order valence-electron chi connectivity index (χ3n) is 6.27. The summed E-state index contributed by atoms with van der Waals surface area (Å²) in [6.45, 7) is 5.23. The molecule has 3 aromatic rings. The summed E-state index contributed by atoms with van der Waals surface area (Å²) in [7, 11) is 1.96. The molecule has 0 bridgehead atoms. The summed E-state index contributed by atoms with van der Waals surface area (Å²) in [6, 6.07) is 7.12. The van der Waals surface area contributed by atoms with Crippen LogP contribution in [0.5, 0.6) is 0 Å². The van der Waals surface area contributed by atoms with E-state index in [1.54, 1.807) is 23.9 Å². The van der Waals surface area contributed by atoms with Crippen LogP contribution in [-0.4, -0.2) is 50.0 Å². The largest absolute Gasteiger partial charge is 0.440 e. The van der Waals surface area contributed by atoms with Gasteiger partial charge in [-0.25, -0.2) is 9.37 Å². The molecule has 1 aromatic carbocycles. The molecular formula is C21H24FN5OS. The molecule has 2 aliphatic rings. The van der Waals surface area contributed by atoms with Gasteiger partial charge in [0.25, 0.3) is 0 Å². The summed E-state index contributed by atoms with van der Waals surface area (Å²) in [5.41, 5.74) is 2.39. The van der Waals surface area contributed by atoms with Crippen molar-refractivity contribution in [2.45, 2.75) is 30.3 Å². The second-order valence-corrected chi connectivity index (χ2v) is 9.20. The first-order valence-electron chi connectivity index (χ1n) is 9.98. The lowest BCUT2D eigenvalue weighted by Crippen LogP contribution is -2.27. The monoisotopic (exact) mass is 413 g/mol. The Bertz CT molecular complexity index is 1020. The van der Waals surface area contributed by atoms with Crippen molar-refractivity contribution in [2.75, 3.05) is 25.4 Å². The van der Waals surface area contributed by atoms with Gasteiger partial charge >= 0.3 is 0 Å². The van der Waals surface area contributed by atoms with Gasteiger partial charge in [-0.1, -0.05) is 23.9 Å². The van der Waals surface area contributed by atoms with Gasteiger partial charge in [0.1, 0.15) is 5.82 Å². The molecular weight excluding hydrogens is 389 g/mol. The number of halogens is 1. The van der Waals surface area contributed by atoms with Gasteiger partial charge in [-0.3, -0.25) is 0 Å². The van der Waals surface area contributed by atoms with Crippen molar-refractivity contribution in [2.24, 2.45) is 13.0 Å². The molecule has 0 radical (unpaired) electrons. The second kappa shape index (κ2) is 7.25. The lowest BCUT2D eigenvalue weighted by molar-refractivity contribution is 0.299. The number of fused-ring (bicyclic) bond motifs is 1. The number of nitrogens with zero attached hydrogens (tertiary/aromatic N) is 5. The van der Waals surface area contributed by atoms with E-state index in [0.29, 0.717) is 11.6 Å². The molecule has 1 saturated heterocycles. The number of oxazole rings is 1. The minimum atomic E-state index is -0.153. The summed E-state index contributed by atoms with van der Waals surface area (Å²) in [4.78, 5) is 6.68. The van der Waals surface area contributed by atoms with Crippen molar-refractivity contribution < 1.29 is 8.81 Å². The smallest absolute Gasteiger partial charge is 0.202 e. The highest BCUT2D eigenvalue weighted by molar-refractivity contribution is 7.99. The Balaban J connectivity index is 1.13. The number of aromatic nitrogens is 4. The fourth-order valence-corrected chi connectivity index (χ4v) is 5.43. The standard InChI is InChI=1S/C21H24FN5OS/c1-14-18(28-13-23-14)19-24-25-20(26(19)2)29-9-3-8-27-11-16-10-21(16,12-27)15-4-6-17(22)7-5-15/h4-7,13,16H,3,8-12H2,1-2H3/t16-,21?/m0/s1. The third-order valence-corrected chi connectivity index (χ3v) is 7.38. The summed E-state index contributed by atoms with van der Waals surface area (Å²) in [5, 5.41) is 9.46. The molecule has 29 heavy (non-hydrogen) atoms. The molecule has 8 heteroatoms. The SMILES string of the molecule is Cc1ncoc1-c1nnc(SCCCN2C[C@@H]3CC3(c3ccc(F)cc3)C2)n1C. The molecule has 2 atom stereocenters. The Morgan fingerprint density at radius 3 is 2.86 bits per heavy atom. The molecule has 2 aromatic heterocycles. The number of hydrogen-bond donors (Lipinski definition) is 0. The lowest BCUT2D eigenvalue weighted by Gasteiger charge is -2.21. The Kier molecular flexibility index (Phi) is 4.70. The second-order valence-electron chi connectivity index (χ2n) is 8.13. The first-order valence-corrected chi connectivity index (χ1v) is 11.0. The summed E-state index contributed by atoms with van der Waals surface area (Å²) in [6.07, 6.45) is 3.78.